The second-order valence-electron chi connectivity index (χ2n) is 3.82. The summed E-state index contributed by atoms with van der Waals surface area (Å²) in [5, 5.41) is 10.4. The first-order chi connectivity index (χ1) is 9.29. The molecule has 0 aliphatic carbocycles. The average molecular weight is 284 g/mol. The first-order valence-corrected chi connectivity index (χ1v) is 5.22. The lowest BCUT2D eigenvalue weighted by Gasteiger charge is -2.10. The summed E-state index contributed by atoms with van der Waals surface area (Å²) in [5.74, 6) is -1.02. The second kappa shape index (κ2) is 4.76. The van der Waals surface area contributed by atoms with E-state index in [-0.39, 0.29) is 11.1 Å². The largest absolute Gasteiger partial charge is 0.419 e. The van der Waals surface area contributed by atoms with Gasteiger partial charge in [0.15, 0.2) is 0 Å². The lowest BCUT2D eigenvalue weighted by atomic mass is 10.1. The van der Waals surface area contributed by atoms with Gasteiger partial charge in [0.1, 0.15) is 12.0 Å². The molecule has 0 saturated carbocycles. The average Bonchev–Trinajstić information content (AvgIpc) is 2.38. The number of anilines is 1. The highest BCUT2D eigenvalue weighted by molar-refractivity contribution is 5.65. The summed E-state index contributed by atoms with van der Waals surface area (Å²) in [7, 11) is 0. The van der Waals surface area contributed by atoms with Crippen molar-refractivity contribution in [3.63, 3.8) is 0 Å². The molecule has 0 spiro atoms. The van der Waals surface area contributed by atoms with Crippen LogP contribution in [0.1, 0.15) is 5.56 Å². The SMILES string of the molecule is Nc1ncc(-c2ccc([N+](=O)[O-])nc2)cc1C(F)(F)F. The van der Waals surface area contributed by atoms with Gasteiger partial charge in [0.2, 0.25) is 0 Å². The zero-order chi connectivity index (χ0) is 14.9. The van der Waals surface area contributed by atoms with Gasteiger partial charge in [-0.05, 0) is 22.0 Å². The molecule has 6 nitrogen and oxygen atoms in total. The number of hydrogen-bond acceptors (Lipinski definition) is 5. The molecule has 20 heavy (non-hydrogen) atoms. The van der Waals surface area contributed by atoms with E-state index in [9.17, 15) is 23.3 Å². The van der Waals surface area contributed by atoms with Crippen molar-refractivity contribution in [3.05, 3.63) is 46.3 Å². The van der Waals surface area contributed by atoms with Crippen LogP contribution >= 0.6 is 0 Å². The van der Waals surface area contributed by atoms with Crippen LogP contribution in [-0.4, -0.2) is 14.9 Å². The highest BCUT2D eigenvalue weighted by atomic mass is 19.4. The molecule has 2 aromatic rings. The van der Waals surface area contributed by atoms with Crippen molar-refractivity contribution in [2.45, 2.75) is 6.18 Å². The Hall–Kier alpha value is -2.71. The molecular weight excluding hydrogens is 277 g/mol. The summed E-state index contributed by atoms with van der Waals surface area (Å²) in [4.78, 5) is 16.7. The van der Waals surface area contributed by atoms with E-state index in [0.717, 1.165) is 24.5 Å². The van der Waals surface area contributed by atoms with Gasteiger partial charge in [0.05, 0.1) is 5.56 Å². The molecule has 0 atom stereocenters. The minimum Gasteiger partial charge on any atom is -0.383 e. The molecule has 2 aromatic heterocycles. The molecule has 0 bridgehead atoms. The fraction of sp³-hybridized carbons (Fsp3) is 0.0909. The Labute approximate surface area is 110 Å². The molecule has 0 saturated heterocycles. The van der Waals surface area contributed by atoms with Crippen molar-refractivity contribution < 1.29 is 18.1 Å². The number of hydrogen-bond donors (Lipinski definition) is 1. The Morgan fingerprint density at radius 1 is 1.15 bits per heavy atom. The quantitative estimate of drug-likeness (QED) is 0.675. The summed E-state index contributed by atoms with van der Waals surface area (Å²) in [6.07, 6.45) is -2.37. The Morgan fingerprint density at radius 3 is 2.30 bits per heavy atom. The number of halogens is 3. The molecule has 2 heterocycles. The van der Waals surface area contributed by atoms with Crippen LogP contribution in [-0.2, 0) is 6.18 Å². The minimum absolute atomic E-state index is 0.119. The van der Waals surface area contributed by atoms with Crippen LogP contribution in [0.5, 0.6) is 0 Å². The van der Waals surface area contributed by atoms with E-state index >= 15 is 0 Å². The molecule has 0 amide bonds. The lowest BCUT2D eigenvalue weighted by molar-refractivity contribution is -0.389. The van der Waals surface area contributed by atoms with Crippen molar-refractivity contribution in [2.75, 3.05) is 5.73 Å². The predicted molar refractivity (Wildman–Crippen MR) is 63.5 cm³/mol. The smallest absolute Gasteiger partial charge is 0.383 e. The van der Waals surface area contributed by atoms with Crippen molar-refractivity contribution in [1.29, 1.82) is 0 Å². The number of aromatic nitrogens is 2. The van der Waals surface area contributed by atoms with Crippen LogP contribution in [0.25, 0.3) is 11.1 Å². The Morgan fingerprint density at radius 2 is 1.80 bits per heavy atom. The Balaban J connectivity index is 2.45. The molecule has 0 radical (unpaired) electrons. The number of pyridine rings is 2. The number of nitro groups is 1. The highest BCUT2D eigenvalue weighted by Crippen LogP contribution is 2.35. The fourth-order valence-electron chi connectivity index (χ4n) is 1.53. The minimum atomic E-state index is -4.62. The summed E-state index contributed by atoms with van der Waals surface area (Å²) >= 11 is 0. The van der Waals surface area contributed by atoms with Gasteiger partial charge in [-0.25, -0.2) is 4.98 Å². The molecule has 9 heteroatoms. The molecule has 0 aliphatic heterocycles. The van der Waals surface area contributed by atoms with E-state index in [0.29, 0.717) is 0 Å². The van der Waals surface area contributed by atoms with E-state index in [4.69, 9.17) is 5.73 Å². The molecule has 0 fully saturated rings. The van der Waals surface area contributed by atoms with Crippen molar-refractivity contribution in [2.24, 2.45) is 0 Å². The number of nitrogens with two attached hydrogens (primary N) is 1. The molecule has 0 aromatic carbocycles. The van der Waals surface area contributed by atoms with E-state index in [2.05, 4.69) is 9.97 Å². The second-order valence-corrected chi connectivity index (χ2v) is 3.82. The van der Waals surface area contributed by atoms with E-state index in [1.165, 1.54) is 6.07 Å². The van der Waals surface area contributed by atoms with Crippen LogP contribution in [0, 0.1) is 10.1 Å². The Kier molecular flexibility index (Phi) is 3.26. The summed E-state index contributed by atoms with van der Waals surface area (Å²) in [6.45, 7) is 0. The third-order valence-electron chi connectivity index (χ3n) is 2.49. The maximum Gasteiger partial charge on any atom is 0.419 e. The van der Waals surface area contributed by atoms with Gasteiger partial charge in [-0.1, -0.05) is 0 Å². The van der Waals surface area contributed by atoms with E-state index < -0.39 is 28.3 Å². The van der Waals surface area contributed by atoms with Crippen LogP contribution in [0.2, 0.25) is 0 Å². The standard InChI is InChI=1S/C11H7F3N4O2/c12-11(13,14)8-3-7(5-17-10(8)15)6-1-2-9(16-4-6)18(19)20/h1-5H,(H2,15,17). The van der Waals surface area contributed by atoms with Crippen molar-refractivity contribution in [1.82, 2.24) is 9.97 Å². The fourth-order valence-corrected chi connectivity index (χ4v) is 1.53. The number of nitrogens with zero attached hydrogens (tertiary/aromatic N) is 3. The zero-order valence-corrected chi connectivity index (χ0v) is 9.76. The summed E-state index contributed by atoms with van der Waals surface area (Å²) < 4.78 is 38.1. The number of alkyl halides is 3. The van der Waals surface area contributed by atoms with Gasteiger partial charge in [0.25, 0.3) is 0 Å². The van der Waals surface area contributed by atoms with Crippen LogP contribution in [0.15, 0.2) is 30.6 Å². The maximum absolute atomic E-state index is 12.7. The van der Waals surface area contributed by atoms with Crippen LogP contribution in [0.3, 0.4) is 0 Å². The molecule has 0 unspecified atom stereocenters. The monoisotopic (exact) mass is 284 g/mol. The van der Waals surface area contributed by atoms with Crippen LogP contribution in [0.4, 0.5) is 24.8 Å². The topological polar surface area (TPSA) is 94.9 Å². The van der Waals surface area contributed by atoms with Gasteiger partial charge >= 0.3 is 12.0 Å². The summed E-state index contributed by atoms with van der Waals surface area (Å²) in [5.41, 5.74) is 4.51. The van der Waals surface area contributed by atoms with Gasteiger partial charge in [-0.15, -0.1) is 0 Å². The third kappa shape index (κ3) is 2.66. The van der Waals surface area contributed by atoms with Gasteiger partial charge in [0, 0.05) is 23.4 Å². The zero-order valence-electron chi connectivity index (χ0n) is 9.76. The van der Waals surface area contributed by atoms with Gasteiger partial charge in [-0.3, -0.25) is 0 Å². The number of rotatable bonds is 2. The van der Waals surface area contributed by atoms with Gasteiger partial charge in [-0.2, -0.15) is 13.2 Å². The first-order valence-electron chi connectivity index (χ1n) is 5.22. The van der Waals surface area contributed by atoms with Crippen molar-refractivity contribution >= 4 is 11.6 Å². The first kappa shape index (κ1) is 13.7. The van der Waals surface area contributed by atoms with E-state index in [1.807, 2.05) is 0 Å². The summed E-state index contributed by atoms with van der Waals surface area (Å²) in [6, 6.07) is 3.21. The molecule has 104 valence electrons. The molecule has 2 rings (SSSR count). The van der Waals surface area contributed by atoms with Crippen LogP contribution < -0.4 is 5.73 Å². The lowest BCUT2D eigenvalue weighted by Crippen LogP contribution is -2.10. The number of nitrogen functional groups attached to an aromatic ring is 1. The van der Waals surface area contributed by atoms with E-state index in [1.54, 1.807) is 0 Å². The van der Waals surface area contributed by atoms with Gasteiger partial charge < -0.3 is 15.8 Å². The predicted octanol–water partition coefficient (Wildman–Crippen LogP) is 2.65. The van der Waals surface area contributed by atoms with Crippen molar-refractivity contribution in [3.8, 4) is 11.1 Å². The third-order valence-corrected chi connectivity index (χ3v) is 2.49. The molecule has 2 N–H and O–H groups in total. The normalized spacial score (nSPS) is 11.3. The molecular formula is C11H7F3N4O2. The molecule has 0 aliphatic rings. The highest BCUT2D eigenvalue weighted by Gasteiger charge is 2.34. The Bertz CT molecular complexity index is 656. The maximum atomic E-state index is 12.7.